The molecule has 0 unspecified atom stereocenters. The maximum absolute atomic E-state index is 2.99. The van der Waals surface area contributed by atoms with Gasteiger partial charge in [-0.3, -0.25) is 0 Å². The molecule has 1 saturated heterocycles. The van der Waals surface area contributed by atoms with Crippen LogP contribution in [0.15, 0.2) is 24.3 Å². The minimum Gasteiger partial charge on any atom is -0.219 e. The van der Waals surface area contributed by atoms with Crippen LogP contribution in [0.3, 0.4) is 0 Å². The zero-order chi connectivity index (χ0) is 56.2. The fourth-order valence-electron chi connectivity index (χ4n) is 17.3. The van der Waals surface area contributed by atoms with E-state index in [0.717, 1.165) is 10.3 Å². The van der Waals surface area contributed by atoms with E-state index in [4.69, 9.17) is 0 Å². The van der Waals surface area contributed by atoms with Gasteiger partial charge in [0.1, 0.15) is 0 Å². The molecule has 0 aromatic heterocycles. The van der Waals surface area contributed by atoms with E-state index in [-0.39, 0.29) is 0 Å². The Morgan fingerprint density at radius 1 is 0.239 bits per heavy atom. The van der Waals surface area contributed by atoms with Gasteiger partial charge in [-0.25, -0.2) is 11.5 Å². The monoisotopic (exact) mass is 1220 g/mol. The van der Waals surface area contributed by atoms with Crippen LogP contribution in [0.2, 0.25) is 236 Å². The Labute approximate surface area is 470 Å². The van der Waals surface area contributed by atoms with Crippen molar-refractivity contribution in [1.29, 1.82) is 0 Å². The third-order valence-electron chi connectivity index (χ3n) is 15.8. The van der Waals surface area contributed by atoms with Crippen molar-refractivity contribution in [3.05, 3.63) is 57.6 Å². The van der Waals surface area contributed by atoms with Gasteiger partial charge < -0.3 is 0 Å². The van der Waals surface area contributed by atoms with Crippen molar-refractivity contribution in [2.24, 2.45) is 0 Å². The molecule has 17 heteroatoms. The Morgan fingerprint density at radius 3 is 0.507 bits per heavy atom. The summed E-state index contributed by atoms with van der Waals surface area (Å²) in [5.74, 6) is 0. The molecule has 0 bridgehead atoms. The highest BCUT2D eigenvalue weighted by Gasteiger charge is 2.53. The number of hydrogen-bond acceptors (Lipinski definition) is 3. The first kappa shape index (κ1) is 67.5. The first-order chi connectivity index (χ1) is 30.9. The maximum Gasteiger partial charge on any atom is 0.310 e. The molecule has 3 rings (SSSR count). The van der Waals surface area contributed by atoms with Gasteiger partial charge in [0, 0.05) is 96.9 Å². The van der Waals surface area contributed by atoms with Crippen LogP contribution >= 0.6 is 32.8 Å². The lowest BCUT2D eigenvalue weighted by atomic mass is 9.81. The second-order valence-electron chi connectivity index (χ2n) is 36.2. The highest BCUT2D eigenvalue weighted by atomic mass is 33.1. The summed E-state index contributed by atoms with van der Waals surface area (Å²) in [6.45, 7) is 98.8. The van der Waals surface area contributed by atoms with Crippen molar-refractivity contribution in [3.63, 3.8) is 0 Å². The molecule has 406 valence electrons. The van der Waals surface area contributed by atoms with Gasteiger partial charge in [0.15, 0.2) is 0 Å². The summed E-state index contributed by atoms with van der Waals surface area (Å²) in [5.41, 5.74) is 14.7. The zero-order valence-corrected chi connectivity index (χ0v) is 68.6. The van der Waals surface area contributed by atoms with Gasteiger partial charge >= 0.3 is 10.5 Å². The molecule has 0 atom stereocenters. The Balaban J connectivity index is 2.87. The molecule has 1 heterocycles. The number of rotatable bonds is 20. The van der Waals surface area contributed by atoms with Crippen molar-refractivity contribution in [2.45, 2.75) is 267 Å². The molecule has 0 radical (unpaired) electrons. The molecule has 0 amide bonds. The van der Waals surface area contributed by atoms with Crippen LogP contribution in [0, 0.1) is 0 Å². The van der Waals surface area contributed by atoms with Gasteiger partial charge in [-0.05, 0) is 42.1 Å². The van der Waals surface area contributed by atoms with Crippen LogP contribution in [-0.2, 0) is 0 Å². The SMILES string of the molecule is C[Si](C)(C)C(c1cc(C([Si](C)(C)C)[Si](C)(C)C)c(B2SSB(c3c(C([Si](C)(C)C)[Si](C)(C)C)cc(C([Si](C)(C)C)[Si](C)(C)C)cc3C([Si](C)(C)C)[Si](C)(C)C)S2)c(C([Si](C)(C)C)[Si](C)(C)C)c1)[Si](C)(C)C. The van der Waals surface area contributed by atoms with E-state index in [1.165, 1.54) is 0 Å². The van der Waals surface area contributed by atoms with E-state index in [1.807, 2.05) is 33.2 Å². The Kier molecular flexibility index (Phi) is 20.9. The summed E-state index contributed by atoms with van der Waals surface area (Å²) in [5, 5.41) is 5.16. The van der Waals surface area contributed by atoms with E-state index in [9.17, 15) is 0 Å². The predicted molar refractivity (Wildman–Crippen MR) is 383 cm³/mol. The van der Waals surface area contributed by atoms with Crippen molar-refractivity contribution in [3.8, 4) is 0 Å². The van der Waals surface area contributed by atoms with Crippen molar-refractivity contribution < 1.29 is 0 Å². The Hall–Kier alpha value is 2.22. The molecule has 0 saturated carbocycles. The molecular weight excluding hydrogens is 1100 g/mol. The summed E-state index contributed by atoms with van der Waals surface area (Å²) < 4.78 is 0. The molecule has 1 aliphatic rings. The third-order valence-corrected chi connectivity index (χ3v) is 76.9. The van der Waals surface area contributed by atoms with Crippen LogP contribution in [-0.4, -0.2) is 107 Å². The molecule has 0 aliphatic carbocycles. The lowest BCUT2D eigenvalue weighted by Crippen LogP contribution is -2.54. The summed E-state index contributed by atoms with van der Waals surface area (Å²) in [6.07, 6.45) is 0. The smallest absolute Gasteiger partial charge is 0.219 e. The number of benzene rings is 2. The Bertz CT molecular complexity index is 1830. The molecule has 1 fully saturated rings. The van der Waals surface area contributed by atoms with Crippen LogP contribution in [0.5, 0.6) is 0 Å². The van der Waals surface area contributed by atoms with Gasteiger partial charge in [-0.15, -0.1) is 21.3 Å². The van der Waals surface area contributed by atoms with Crippen molar-refractivity contribution in [1.82, 2.24) is 0 Å². The summed E-state index contributed by atoms with van der Waals surface area (Å²) in [7, 11) is -15.3. The fraction of sp³-hybridized carbons (Fsp3) is 0.778. The first-order valence-electron chi connectivity index (χ1n) is 28.2. The van der Waals surface area contributed by atoms with Crippen molar-refractivity contribution >= 4 is 151 Å². The molecule has 1 aliphatic heterocycles. The quantitative estimate of drug-likeness (QED) is 0.0958. The van der Waals surface area contributed by atoms with Gasteiger partial charge in [-0.1, -0.05) is 293 Å². The standard InChI is InChI=1S/C54H118B2S3Si12/c1-60(2,3)49(61(4,5)6)41-37-43(51(64(13,14)15)65(16,17)18)47(44(38-41)52(66(19,20)21)67(22,23)24)55-57-56(59-58-55)48-45(53(68(25,26)27)69(28,29)30)39-42(50(62(7,8)9)63(10,11)12)40-46(48)54(70(31,32)33)71(34,35)36/h37-40,49-54H,1-36H3. The van der Waals surface area contributed by atoms with E-state index < -0.39 is 96.9 Å². The normalized spacial score (nSPS) is 16.4. The van der Waals surface area contributed by atoms with Crippen LogP contribution in [0.25, 0.3) is 0 Å². The van der Waals surface area contributed by atoms with Crippen LogP contribution in [0.1, 0.15) is 64.4 Å². The average molecular weight is 1220 g/mol. The molecule has 0 spiro atoms. The highest BCUT2D eigenvalue weighted by Crippen LogP contribution is 2.53. The minimum atomic E-state index is -1.70. The lowest BCUT2D eigenvalue weighted by Gasteiger charge is -2.46. The Morgan fingerprint density at radius 2 is 0.380 bits per heavy atom. The summed E-state index contributed by atoms with van der Waals surface area (Å²) in [4.78, 5) is 0. The van der Waals surface area contributed by atoms with Gasteiger partial charge in [-0.2, -0.15) is 0 Å². The molecular formula is C54H118B2S3Si12. The summed E-state index contributed by atoms with van der Waals surface area (Å²) in [6, 6.07) is 12.0. The third kappa shape index (κ3) is 16.4. The first-order valence-corrected chi connectivity index (χ1v) is 74.3. The number of hydrogen-bond donors (Lipinski definition) is 0. The van der Waals surface area contributed by atoms with Crippen LogP contribution in [0.4, 0.5) is 0 Å². The average Bonchev–Trinajstić information content (AvgIpc) is 3.45. The largest absolute Gasteiger partial charge is 0.310 e. The van der Waals surface area contributed by atoms with E-state index in [1.54, 1.807) is 11.1 Å². The zero-order valence-electron chi connectivity index (χ0n) is 54.2. The minimum absolute atomic E-state index is 0.429. The van der Waals surface area contributed by atoms with Gasteiger partial charge in [0.2, 0.25) is 0 Å². The lowest BCUT2D eigenvalue weighted by molar-refractivity contribution is 1.09. The van der Waals surface area contributed by atoms with E-state index in [2.05, 4.69) is 293 Å². The van der Waals surface area contributed by atoms with Gasteiger partial charge in [0.05, 0.1) is 0 Å². The van der Waals surface area contributed by atoms with Crippen LogP contribution < -0.4 is 10.9 Å². The summed E-state index contributed by atoms with van der Waals surface area (Å²) >= 11 is 2.46. The molecule has 2 aromatic rings. The highest BCUT2D eigenvalue weighted by molar-refractivity contribution is 9.13. The van der Waals surface area contributed by atoms with Crippen molar-refractivity contribution in [2.75, 3.05) is 0 Å². The van der Waals surface area contributed by atoms with E-state index >= 15 is 0 Å². The van der Waals surface area contributed by atoms with E-state index in [0.29, 0.717) is 31.2 Å². The molecule has 0 N–H and O–H groups in total. The topological polar surface area (TPSA) is 0 Å². The maximum atomic E-state index is 2.99. The van der Waals surface area contributed by atoms with Gasteiger partial charge in [0.25, 0.3) is 0 Å². The predicted octanol–water partition coefficient (Wildman–Crippen LogP) is 19.9. The second-order valence-corrected chi connectivity index (χ2v) is 108. The fourth-order valence-corrected chi connectivity index (χ4v) is 99.7. The molecule has 2 aromatic carbocycles. The molecule has 0 nitrogen and oxygen atoms in total. The second kappa shape index (κ2) is 21.9. The molecule has 71 heavy (non-hydrogen) atoms.